The summed E-state index contributed by atoms with van der Waals surface area (Å²) in [4.78, 5) is 31.4. The number of nitrogens with two attached hydrogens (primary N) is 1. The van der Waals surface area contributed by atoms with E-state index in [0.29, 0.717) is 10.8 Å². The Bertz CT molecular complexity index is 1060. The molecule has 0 unspecified atom stereocenters. The van der Waals surface area contributed by atoms with Gasteiger partial charge in [-0.05, 0) is 45.4 Å². The average molecular weight is 453 g/mol. The number of thiazole rings is 1. The summed E-state index contributed by atoms with van der Waals surface area (Å²) >= 11 is 1.38. The van der Waals surface area contributed by atoms with Gasteiger partial charge in [-0.2, -0.15) is 0 Å². The van der Waals surface area contributed by atoms with Crippen LogP contribution in [0.5, 0.6) is 0 Å². The molecule has 0 aliphatic rings. The number of nitrogen functional groups attached to an aromatic ring is 1. The zero-order valence-corrected chi connectivity index (χ0v) is 19.5. The minimum absolute atomic E-state index is 0.144. The van der Waals surface area contributed by atoms with Crippen molar-refractivity contribution < 1.29 is 14.3 Å². The number of hydrogen-bond acceptors (Lipinski definition) is 6. The van der Waals surface area contributed by atoms with Crippen LogP contribution < -0.4 is 11.1 Å². The molecule has 0 aliphatic carbocycles. The van der Waals surface area contributed by atoms with Gasteiger partial charge in [-0.25, -0.2) is 9.78 Å². The minimum Gasteiger partial charge on any atom is -0.444 e. The van der Waals surface area contributed by atoms with Crippen LogP contribution >= 0.6 is 11.3 Å². The molecule has 3 rings (SSSR count). The van der Waals surface area contributed by atoms with Crippen LogP contribution in [-0.4, -0.2) is 34.0 Å². The molecule has 3 aromatic rings. The molecular formula is C24H28N4O3S. The molecule has 0 fully saturated rings. The second-order valence-corrected chi connectivity index (χ2v) is 9.28. The van der Waals surface area contributed by atoms with Crippen molar-refractivity contribution in [2.24, 2.45) is 0 Å². The third-order valence-corrected chi connectivity index (χ3v) is 5.35. The monoisotopic (exact) mass is 452 g/mol. The van der Waals surface area contributed by atoms with Crippen molar-refractivity contribution in [3.05, 3.63) is 65.5 Å². The molecule has 168 valence electrons. The standard InChI is InChI=1S/C24H28N4O3S/c1-16(17-8-6-5-7-9-17)28(23(30)31-24(2,3)4)14-21(29)26-19-12-10-18(11-13-19)20-15-32-22(25)27-20/h5-13,15-16H,14H2,1-4H3,(H2,25,27)(H,26,29)/t16-/m1/s1. The summed E-state index contributed by atoms with van der Waals surface area (Å²) < 4.78 is 5.55. The Morgan fingerprint density at radius 3 is 2.34 bits per heavy atom. The number of aromatic nitrogens is 1. The predicted octanol–water partition coefficient (Wildman–Crippen LogP) is 5.33. The predicted molar refractivity (Wildman–Crippen MR) is 128 cm³/mol. The molecule has 0 aliphatic heterocycles. The third-order valence-electron chi connectivity index (χ3n) is 4.68. The first-order chi connectivity index (χ1) is 15.1. The lowest BCUT2D eigenvalue weighted by atomic mass is 10.1. The summed E-state index contributed by atoms with van der Waals surface area (Å²) in [6.07, 6.45) is -0.541. The van der Waals surface area contributed by atoms with Gasteiger partial charge in [0.2, 0.25) is 5.91 Å². The lowest BCUT2D eigenvalue weighted by Gasteiger charge is -2.31. The van der Waals surface area contributed by atoms with Crippen LogP contribution in [0.1, 0.15) is 39.3 Å². The lowest BCUT2D eigenvalue weighted by Crippen LogP contribution is -2.42. The number of benzene rings is 2. The summed E-state index contributed by atoms with van der Waals surface area (Å²) in [5, 5.41) is 5.24. The average Bonchev–Trinajstić information content (AvgIpc) is 3.17. The Morgan fingerprint density at radius 2 is 1.78 bits per heavy atom. The van der Waals surface area contributed by atoms with E-state index in [9.17, 15) is 9.59 Å². The SMILES string of the molecule is C[C@H](c1ccccc1)N(CC(=O)Nc1ccc(-c2csc(N)n2)cc1)C(=O)OC(C)(C)C. The molecule has 2 aromatic carbocycles. The summed E-state index contributed by atoms with van der Waals surface area (Å²) in [7, 11) is 0. The molecule has 8 heteroatoms. The van der Waals surface area contributed by atoms with Crippen molar-refractivity contribution in [2.75, 3.05) is 17.6 Å². The van der Waals surface area contributed by atoms with E-state index >= 15 is 0 Å². The Labute approximate surface area is 192 Å². The van der Waals surface area contributed by atoms with Gasteiger partial charge in [-0.3, -0.25) is 9.69 Å². The van der Waals surface area contributed by atoms with Crippen molar-refractivity contribution in [2.45, 2.75) is 39.3 Å². The number of hydrogen-bond donors (Lipinski definition) is 2. The molecule has 32 heavy (non-hydrogen) atoms. The van der Waals surface area contributed by atoms with E-state index < -0.39 is 11.7 Å². The largest absolute Gasteiger partial charge is 0.444 e. The summed E-state index contributed by atoms with van der Waals surface area (Å²) in [6.45, 7) is 7.13. The first-order valence-electron chi connectivity index (χ1n) is 10.3. The van der Waals surface area contributed by atoms with Gasteiger partial charge in [-0.15, -0.1) is 11.3 Å². The van der Waals surface area contributed by atoms with Gasteiger partial charge in [0, 0.05) is 16.6 Å². The van der Waals surface area contributed by atoms with Gasteiger partial charge < -0.3 is 15.8 Å². The van der Waals surface area contributed by atoms with Crippen molar-refractivity contribution in [1.29, 1.82) is 0 Å². The number of nitrogens with one attached hydrogen (secondary N) is 1. The second-order valence-electron chi connectivity index (χ2n) is 8.39. The maximum absolute atomic E-state index is 12.9. The van der Waals surface area contributed by atoms with Crippen LogP contribution in [-0.2, 0) is 9.53 Å². The van der Waals surface area contributed by atoms with Crippen LogP contribution in [0.2, 0.25) is 0 Å². The Kier molecular flexibility index (Phi) is 7.15. The topological polar surface area (TPSA) is 97.5 Å². The van der Waals surface area contributed by atoms with E-state index in [0.717, 1.165) is 16.8 Å². The van der Waals surface area contributed by atoms with Gasteiger partial charge in [0.15, 0.2) is 5.13 Å². The maximum atomic E-state index is 12.9. The summed E-state index contributed by atoms with van der Waals surface area (Å²) in [6, 6.07) is 16.5. The van der Waals surface area contributed by atoms with Gasteiger partial charge in [-0.1, -0.05) is 42.5 Å². The van der Waals surface area contributed by atoms with Crippen molar-refractivity contribution >= 4 is 34.2 Å². The second kappa shape index (κ2) is 9.82. The van der Waals surface area contributed by atoms with E-state index in [1.165, 1.54) is 16.2 Å². The minimum atomic E-state index is -0.670. The third kappa shape index (κ3) is 6.31. The fourth-order valence-corrected chi connectivity index (χ4v) is 3.66. The van der Waals surface area contributed by atoms with Gasteiger partial charge in [0.05, 0.1) is 11.7 Å². The van der Waals surface area contributed by atoms with Crippen LogP contribution in [0.4, 0.5) is 15.6 Å². The summed E-state index contributed by atoms with van der Waals surface area (Å²) in [5.41, 5.74) is 8.26. The van der Waals surface area contributed by atoms with Gasteiger partial charge >= 0.3 is 6.09 Å². The molecule has 0 saturated carbocycles. The van der Waals surface area contributed by atoms with Crippen LogP contribution in [0.3, 0.4) is 0 Å². The Hall–Kier alpha value is -3.39. The fourth-order valence-electron chi connectivity index (χ4n) is 3.09. The number of amides is 2. The highest BCUT2D eigenvalue weighted by Crippen LogP contribution is 2.25. The Balaban J connectivity index is 1.72. The van der Waals surface area contributed by atoms with Gasteiger partial charge in [0.25, 0.3) is 0 Å². The molecule has 3 N–H and O–H groups in total. The van der Waals surface area contributed by atoms with Crippen LogP contribution in [0.15, 0.2) is 60.0 Å². The van der Waals surface area contributed by atoms with E-state index in [1.54, 1.807) is 32.9 Å². The molecule has 7 nitrogen and oxygen atoms in total. The molecule has 1 aromatic heterocycles. The number of nitrogens with zero attached hydrogens (tertiary/aromatic N) is 2. The van der Waals surface area contributed by atoms with E-state index in [-0.39, 0.29) is 18.5 Å². The highest BCUT2D eigenvalue weighted by Gasteiger charge is 2.28. The number of ether oxygens (including phenoxy) is 1. The summed E-state index contributed by atoms with van der Waals surface area (Å²) in [5.74, 6) is -0.315. The maximum Gasteiger partial charge on any atom is 0.411 e. The van der Waals surface area contributed by atoms with Crippen molar-refractivity contribution in [3.8, 4) is 11.3 Å². The smallest absolute Gasteiger partial charge is 0.411 e. The molecule has 0 radical (unpaired) electrons. The Morgan fingerprint density at radius 1 is 1.12 bits per heavy atom. The zero-order chi connectivity index (χ0) is 23.3. The number of carbonyl (C=O) groups excluding carboxylic acids is 2. The first kappa shape index (κ1) is 23.3. The number of rotatable bonds is 6. The molecule has 0 spiro atoms. The zero-order valence-electron chi connectivity index (χ0n) is 18.7. The van der Waals surface area contributed by atoms with Crippen LogP contribution in [0.25, 0.3) is 11.3 Å². The normalized spacial score (nSPS) is 12.1. The van der Waals surface area contributed by atoms with Gasteiger partial charge in [0.1, 0.15) is 12.1 Å². The lowest BCUT2D eigenvalue weighted by molar-refractivity contribution is -0.117. The molecular weight excluding hydrogens is 424 g/mol. The molecule has 2 amide bonds. The van der Waals surface area contributed by atoms with Crippen molar-refractivity contribution in [1.82, 2.24) is 9.88 Å². The van der Waals surface area contributed by atoms with Crippen molar-refractivity contribution in [3.63, 3.8) is 0 Å². The van der Waals surface area contributed by atoms with E-state index in [4.69, 9.17) is 10.5 Å². The molecule has 1 atom stereocenters. The molecule has 0 bridgehead atoms. The first-order valence-corrected chi connectivity index (χ1v) is 11.2. The van der Waals surface area contributed by atoms with E-state index in [1.807, 2.05) is 54.8 Å². The highest BCUT2D eigenvalue weighted by molar-refractivity contribution is 7.13. The number of anilines is 2. The van der Waals surface area contributed by atoms with E-state index in [2.05, 4.69) is 10.3 Å². The van der Waals surface area contributed by atoms with Crippen LogP contribution in [0, 0.1) is 0 Å². The molecule has 1 heterocycles. The number of carbonyl (C=O) groups is 2. The fraction of sp³-hybridized carbons (Fsp3) is 0.292. The molecule has 0 saturated heterocycles. The quantitative estimate of drug-likeness (QED) is 0.527. The highest BCUT2D eigenvalue weighted by atomic mass is 32.1.